The Morgan fingerprint density at radius 2 is 1.75 bits per heavy atom. The van der Waals surface area contributed by atoms with Crippen molar-refractivity contribution in [3.63, 3.8) is 0 Å². The zero-order chi connectivity index (χ0) is 19.9. The fraction of sp³-hybridized carbons (Fsp3) is 0.458. The lowest BCUT2D eigenvalue weighted by molar-refractivity contribution is -0.128. The lowest BCUT2D eigenvalue weighted by Gasteiger charge is -2.20. The summed E-state index contributed by atoms with van der Waals surface area (Å²) < 4.78 is 11.7. The number of ether oxygens (including phenoxy) is 2. The summed E-state index contributed by atoms with van der Waals surface area (Å²) in [5.74, 6) is 1.52. The van der Waals surface area contributed by atoms with Gasteiger partial charge in [-0.1, -0.05) is 19.1 Å². The molecule has 0 spiro atoms. The third-order valence-corrected chi connectivity index (χ3v) is 5.41. The van der Waals surface area contributed by atoms with Crippen LogP contribution in [0.15, 0.2) is 36.4 Å². The molecule has 4 heteroatoms. The fourth-order valence-electron chi connectivity index (χ4n) is 3.53. The standard InChI is InChI=1S/C24H31NO3/c1-4-23(28-22-12-10-19-7-5-6-8-20(19)16-22)24(26)25-13-14-27-21-11-9-17(2)18(3)15-21/h9-12,15-16,23H,4-8,13-14H2,1-3H3,(H,25,26)/t23-/m0/s1. The van der Waals surface area contributed by atoms with E-state index in [4.69, 9.17) is 9.47 Å². The van der Waals surface area contributed by atoms with Gasteiger partial charge < -0.3 is 14.8 Å². The molecule has 1 atom stereocenters. The van der Waals surface area contributed by atoms with Crippen LogP contribution >= 0.6 is 0 Å². The monoisotopic (exact) mass is 381 g/mol. The van der Waals surface area contributed by atoms with E-state index in [1.807, 2.05) is 31.2 Å². The lowest BCUT2D eigenvalue weighted by Crippen LogP contribution is -2.39. The van der Waals surface area contributed by atoms with Gasteiger partial charge in [0.15, 0.2) is 6.10 Å². The van der Waals surface area contributed by atoms with E-state index in [9.17, 15) is 4.79 Å². The van der Waals surface area contributed by atoms with Gasteiger partial charge in [0, 0.05) is 0 Å². The molecular weight excluding hydrogens is 350 g/mol. The summed E-state index contributed by atoms with van der Waals surface area (Å²) in [5.41, 5.74) is 5.22. The molecule has 2 aromatic carbocycles. The summed E-state index contributed by atoms with van der Waals surface area (Å²) >= 11 is 0. The van der Waals surface area contributed by atoms with Crippen molar-refractivity contribution in [2.45, 2.75) is 59.0 Å². The smallest absolute Gasteiger partial charge is 0.261 e. The first-order chi connectivity index (χ1) is 13.6. The summed E-state index contributed by atoms with van der Waals surface area (Å²) in [6.45, 7) is 6.99. The van der Waals surface area contributed by atoms with Gasteiger partial charge in [-0.2, -0.15) is 0 Å². The maximum Gasteiger partial charge on any atom is 0.261 e. The van der Waals surface area contributed by atoms with Crippen LogP contribution in [-0.4, -0.2) is 25.2 Å². The number of rotatable bonds is 8. The Bertz CT molecular complexity index is 815. The molecule has 0 unspecified atom stereocenters. The van der Waals surface area contributed by atoms with Gasteiger partial charge in [0.25, 0.3) is 5.91 Å². The third kappa shape index (κ3) is 5.28. The van der Waals surface area contributed by atoms with Gasteiger partial charge in [0.1, 0.15) is 18.1 Å². The number of hydrogen-bond acceptors (Lipinski definition) is 3. The average Bonchev–Trinajstić information content (AvgIpc) is 2.71. The zero-order valence-corrected chi connectivity index (χ0v) is 17.2. The average molecular weight is 382 g/mol. The van der Waals surface area contributed by atoms with Crippen molar-refractivity contribution in [2.24, 2.45) is 0 Å². The molecule has 0 saturated carbocycles. The second-order valence-electron chi connectivity index (χ2n) is 7.54. The van der Waals surface area contributed by atoms with E-state index in [2.05, 4.69) is 31.3 Å². The van der Waals surface area contributed by atoms with E-state index >= 15 is 0 Å². The number of hydrogen-bond donors (Lipinski definition) is 1. The number of nitrogens with one attached hydrogen (secondary N) is 1. The molecule has 0 aliphatic heterocycles. The summed E-state index contributed by atoms with van der Waals surface area (Å²) in [4.78, 5) is 12.5. The number of carbonyl (C=O) groups is 1. The van der Waals surface area contributed by atoms with Gasteiger partial charge in [0.05, 0.1) is 6.54 Å². The Balaban J connectivity index is 1.47. The summed E-state index contributed by atoms with van der Waals surface area (Å²) in [7, 11) is 0. The minimum Gasteiger partial charge on any atom is -0.492 e. The predicted molar refractivity (Wildman–Crippen MR) is 112 cm³/mol. The molecule has 3 rings (SSSR count). The molecule has 1 amide bonds. The van der Waals surface area contributed by atoms with Crippen LogP contribution in [0.25, 0.3) is 0 Å². The normalized spacial score (nSPS) is 14.1. The number of fused-ring (bicyclic) bond motifs is 1. The highest BCUT2D eigenvalue weighted by Gasteiger charge is 2.19. The SMILES string of the molecule is CC[C@H](Oc1ccc2c(c1)CCCC2)C(=O)NCCOc1ccc(C)c(C)c1. The third-order valence-electron chi connectivity index (χ3n) is 5.41. The number of benzene rings is 2. The molecule has 0 heterocycles. The molecule has 4 nitrogen and oxygen atoms in total. The minimum atomic E-state index is -0.483. The topological polar surface area (TPSA) is 47.6 Å². The van der Waals surface area contributed by atoms with Crippen molar-refractivity contribution >= 4 is 5.91 Å². The van der Waals surface area contributed by atoms with Crippen molar-refractivity contribution < 1.29 is 14.3 Å². The Kier molecular flexibility index (Phi) is 6.96. The minimum absolute atomic E-state index is 0.0936. The van der Waals surface area contributed by atoms with Crippen LogP contribution in [0.2, 0.25) is 0 Å². The Morgan fingerprint density at radius 3 is 2.50 bits per heavy atom. The molecule has 1 N–H and O–H groups in total. The number of amides is 1. The van der Waals surface area contributed by atoms with Crippen LogP contribution in [0.1, 0.15) is 48.4 Å². The van der Waals surface area contributed by atoms with E-state index < -0.39 is 6.10 Å². The van der Waals surface area contributed by atoms with Crippen molar-refractivity contribution in [1.29, 1.82) is 0 Å². The van der Waals surface area contributed by atoms with Crippen LogP contribution < -0.4 is 14.8 Å². The van der Waals surface area contributed by atoms with Crippen LogP contribution in [0.5, 0.6) is 11.5 Å². The molecule has 28 heavy (non-hydrogen) atoms. The highest BCUT2D eigenvalue weighted by molar-refractivity contribution is 5.81. The highest BCUT2D eigenvalue weighted by atomic mass is 16.5. The van der Waals surface area contributed by atoms with Crippen molar-refractivity contribution in [1.82, 2.24) is 5.32 Å². The Hall–Kier alpha value is -2.49. The second kappa shape index (κ2) is 9.63. The fourth-order valence-corrected chi connectivity index (χ4v) is 3.53. The maximum absolute atomic E-state index is 12.5. The van der Waals surface area contributed by atoms with Crippen molar-refractivity contribution in [2.75, 3.05) is 13.2 Å². The molecule has 150 valence electrons. The van der Waals surface area contributed by atoms with E-state index in [-0.39, 0.29) is 5.91 Å². The Morgan fingerprint density at radius 1 is 1.00 bits per heavy atom. The van der Waals surface area contributed by atoms with Crippen molar-refractivity contribution in [3.8, 4) is 11.5 Å². The Labute approximate surface area is 168 Å². The van der Waals surface area contributed by atoms with Gasteiger partial charge in [-0.3, -0.25) is 4.79 Å². The molecule has 0 saturated heterocycles. The number of carbonyl (C=O) groups excluding carboxylic acids is 1. The van der Waals surface area contributed by atoms with E-state index in [0.717, 1.165) is 24.3 Å². The van der Waals surface area contributed by atoms with Gasteiger partial charge in [-0.05, 0) is 92.5 Å². The van der Waals surface area contributed by atoms with Crippen LogP contribution in [0.3, 0.4) is 0 Å². The molecule has 0 fully saturated rings. The molecule has 2 aromatic rings. The van der Waals surface area contributed by atoms with Crippen LogP contribution in [0, 0.1) is 13.8 Å². The predicted octanol–water partition coefficient (Wildman–Crippen LogP) is 4.53. The first-order valence-electron chi connectivity index (χ1n) is 10.3. The molecule has 1 aliphatic rings. The van der Waals surface area contributed by atoms with E-state index in [1.165, 1.54) is 35.1 Å². The van der Waals surface area contributed by atoms with E-state index in [1.54, 1.807) is 0 Å². The number of aryl methyl sites for hydroxylation is 4. The summed E-state index contributed by atoms with van der Waals surface area (Å²) in [6, 6.07) is 12.3. The molecule has 0 aromatic heterocycles. The highest BCUT2D eigenvalue weighted by Crippen LogP contribution is 2.26. The summed E-state index contributed by atoms with van der Waals surface area (Å²) in [5, 5.41) is 2.92. The van der Waals surface area contributed by atoms with Crippen molar-refractivity contribution in [3.05, 3.63) is 58.7 Å². The molecule has 0 bridgehead atoms. The lowest BCUT2D eigenvalue weighted by atomic mass is 9.92. The second-order valence-corrected chi connectivity index (χ2v) is 7.54. The van der Waals surface area contributed by atoms with Gasteiger partial charge in [-0.25, -0.2) is 0 Å². The first kappa shape index (κ1) is 20.2. The van der Waals surface area contributed by atoms with E-state index in [0.29, 0.717) is 19.6 Å². The van der Waals surface area contributed by atoms with Gasteiger partial charge in [0.2, 0.25) is 0 Å². The maximum atomic E-state index is 12.5. The van der Waals surface area contributed by atoms with Gasteiger partial charge >= 0.3 is 0 Å². The first-order valence-corrected chi connectivity index (χ1v) is 10.3. The molecular formula is C24H31NO3. The van der Waals surface area contributed by atoms with Crippen LogP contribution in [-0.2, 0) is 17.6 Å². The quantitative estimate of drug-likeness (QED) is 0.683. The summed E-state index contributed by atoms with van der Waals surface area (Å²) in [6.07, 6.45) is 4.88. The van der Waals surface area contributed by atoms with Crippen LogP contribution in [0.4, 0.5) is 0 Å². The molecule has 1 aliphatic carbocycles. The van der Waals surface area contributed by atoms with Gasteiger partial charge in [-0.15, -0.1) is 0 Å². The largest absolute Gasteiger partial charge is 0.492 e. The zero-order valence-electron chi connectivity index (χ0n) is 17.2. The molecule has 0 radical (unpaired) electrons.